The average Bonchev–Trinajstić information content (AvgIpc) is 3.82. The van der Waals surface area contributed by atoms with Gasteiger partial charge in [-0.3, -0.25) is 24.0 Å². The van der Waals surface area contributed by atoms with Crippen LogP contribution in [0.4, 0.5) is 0 Å². The van der Waals surface area contributed by atoms with Crippen molar-refractivity contribution in [2.75, 3.05) is 13.2 Å². The van der Waals surface area contributed by atoms with Crippen LogP contribution in [0.3, 0.4) is 0 Å². The monoisotopic (exact) mass is 774 g/mol. The van der Waals surface area contributed by atoms with Crippen molar-refractivity contribution in [3.05, 3.63) is 71.8 Å². The Hall–Kier alpha value is -1.94. The maximum atomic E-state index is 13.9. The number of ketones is 1. The molecule has 2 aromatic rings. The second-order valence-corrected chi connectivity index (χ2v) is 15.0. The van der Waals surface area contributed by atoms with Gasteiger partial charge >= 0.3 is 59.1 Å². The van der Waals surface area contributed by atoms with Crippen molar-refractivity contribution in [1.82, 2.24) is 21.3 Å². The normalized spacial score (nSPS) is 17.2. The Labute approximate surface area is 355 Å². The number of aryl methyl sites for hydroxylation is 1. The molecule has 4 amide bonds. The second kappa shape index (κ2) is 23.2. The summed E-state index contributed by atoms with van der Waals surface area (Å²) in [6.07, 6.45) is 1.03. The van der Waals surface area contributed by atoms with Crippen LogP contribution in [0.2, 0.25) is 0 Å². The summed E-state index contributed by atoms with van der Waals surface area (Å²) in [5.74, 6) is -3.27. The topological polar surface area (TPSA) is 218 Å². The van der Waals surface area contributed by atoms with Crippen molar-refractivity contribution in [2.24, 2.45) is 11.8 Å². The van der Waals surface area contributed by atoms with Gasteiger partial charge in [-0.05, 0) is 55.6 Å². The van der Waals surface area contributed by atoms with Gasteiger partial charge in [-0.25, -0.2) is 0 Å². The number of carbonyl (C=O) groups is 5. The van der Waals surface area contributed by atoms with Crippen LogP contribution < -0.4 is 90.2 Å². The molecule has 1 aliphatic heterocycles. The van der Waals surface area contributed by atoms with Crippen molar-refractivity contribution < 1.29 is 107 Å². The van der Waals surface area contributed by atoms with Crippen molar-refractivity contribution in [2.45, 2.75) is 96.5 Å². The van der Waals surface area contributed by atoms with Gasteiger partial charge in [0.25, 0.3) is 0 Å². The first-order valence-corrected chi connectivity index (χ1v) is 18.5. The van der Waals surface area contributed by atoms with Gasteiger partial charge in [0, 0.05) is 6.42 Å². The van der Waals surface area contributed by atoms with Gasteiger partial charge in [0.2, 0.25) is 23.6 Å². The van der Waals surface area contributed by atoms with Crippen molar-refractivity contribution in [1.29, 1.82) is 0 Å². The summed E-state index contributed by atoms with van der Waals surface area (Å²) in [7, 11) is -5.45. The summed E-state index contributed by atoms with van der Waals surface area (Å²) in [5.41, 5.74) is 0.630. The summed E-state index contributed by atoms with van der Waals surface area (Å²) in [6, 6.07) is 13.8. The van der Waals surface area contributed by atoms with Crippen molar-refractivity contribution in [3.63, 3.8) is 0 Å². The quantitative estimate of drug-likeness (QED) is 0.0539. The molecule has 0 unspecified atom stereocenters. The first kappa shape index (κ1) is 49.1. The van der Waals surface area contributed by atoms with Gasteiger partial charge in [-0.1, -0.05) is 88.4 Å². The second-order valence-electron chi connectivity index (χ2n) is 13.9. The number of rotatable bonds is 21. The van der Waals surface area contributed by atoms with E-state index in [9.17, 15) is 38.3 Å². The van der Waals surface area contributed by atoms with Crippen LogP contribution in [-0.4, -0.2) is 72.4 Å². The number of amides is 4. The van der Waals surface area contributed by atoms with Gasteiger partial charge in [0.15, 0.2) is 5.78 Å². The first-order valence-electron chi connectivity index (χ1n) is 17.1. The molecule has 0 saturated carbocycles. The van der Waals surface area contributed by atoms with E-state index in [-0.39, 0.29) is 103 Å². The van der Waals surface area contributed by atoms with E-state index in [1.165, 1.54) is 0 Å². The Morgan fingerprint density at radius 2 is 1.19 bits per heavy atom. The Kier molecular flexibility index (Phi) is 21.5. The van der Waals surface area contributed by atoms with E-state index < -0.39 is 67.8 Å². The van der Waals surface area contributed by atoms with E-state index in [0.717, 1.165) is 11.1 Å². The largest absolute Gasteiger partial charge is 1.00 e. The zero-order valence-electron chi connectivity index (χ0n) is 31.7. The molecule has 0 aromatic heterocycles. The molecule has 2 aromatic carbocycles. The van der Waals surface area contributed by atoms with Gasteiger partial charge in [0.05, 0.1) is 20.5 Å². The van der Waals surface area contributed by atoms with Crippen LogP contribution in [0.25, 0.3) is 0 Å². The molecule has 0 aliphatic carbocycles. The molecule has 0 spiro atoms. The molecular formula is C36H49N4Na2O10P. The van der Waals surface area contributed by atoms with E-state index in [1.54, 1.807) is 31.2 Å². The van der Waals surface area contributed by atoms with E-state index in [4.69, 9.17) is 4.74 Å². The Morgan fingerprint density at radius 1 is 0.736 bits per heavy atom. The SMILES string of the molecule is CC(C)C[C@H](NC(=O)[C@H](CCc1ccccc1)NC(=O)COP(=O)([O-])[O-])C(=O)N[C@@H](Cc1ccccc1)C(=O)N[C@@H](CC(C)C)C(=O)[C@@]1(C)CO1.[Na+].[Na+]. The molecule has 5 atom stereocenters. The molecule has 3 rings (SSSR count). The third kappa shape index (κ3) is 18.0. The number of benzene rings is 2. The number of nitrogens with one attached hydrogen (secondary N) is 4. The van der Waals surface area contributed by atoms with Crippen LogP contribution in [-0.2, 0) is 50.6 Å². The minimum atomic E-state index is -5.45. The van der Waals surface area contributed by atoms with Crippen LogP contribution in [0.1, 0.15) is 65.0 Å². The maximum Gasteiger partial charge on any atom is 1.00 e. The molecular weight excluding hydrogens is 725 g/mol. The Balaban J connectivity index is 0.00000702. The van der Waals surface area contributed by atoms with Crippen LogP contribution in [0.15, 0.2) is 60.7 Å². The molecule has 53 heavy (non-hydrogen) atoms. The van der Waals surface area contributed by atoms with Crippen LogP contribution in [0, 0.1) is 11.8 Å². The molecule has 1 aliphatic rings. The number of hydrogen-bond acceptors (Lipinski definition) is 10. The zero-order valence-corrected chi connectivity index (χ0v) is 36.6. The standard InChI is InChI=1S/C36H51N4O10P.2Na/c1-23(2)18-28(32(42)36(5)22-49-36)38-35(45)30(20-26-14-10-7-11-15-26)40-34(44)29(19-24(3)4)39-33(43)27(17-16-25-12-8-6-9-13-25)37-31(41)21-50-51(46,47)48;;/h6-15,23-24,27-30H,16-22H2,1-5H3,(H,37,41)(H,38,45)(H,39,43)(H,40,44)(H2,46,47,48);;/q;2*+1/p-2/t27-,28-,29-,30-,36+;;/m0../s1. The summed E-state index contributed by atoms with van der Waals surface area (Å²) in [6.45, 7) is 8.37. The minimum Gasteiger partial charge on any atom is -0.790 e. The van der Waals surface area contributed by atoms with Gasteiger partial charge in [-0.2, -0.15) is 0 Å². The van der Waals surface area contributed by atoms with E-state index in [2.05, 4.69) is 25.8 Å². The Bertz CT molecular complexity index is 1540. The van der Waals surface area contributed by atoms with Gasteiger partial charge in [0.1, 0.15) is 30.3 Å². The smallest absolute Gasteiger partial charge is 0.790 e. The van der Waals surface area contributed by atoms with E-state index >= 15 is 0 Å². The summed E-state index contributed by atoms with van der Waals surface area (Å²) in [4.78, 5) is 89.1. The molecule has 0 radical (unpaired) electrons. The fraction of sp³-hybridized carbons (Fsp3) is 0.528. The molecule has 1 heterocycles. The van der Waals surface area contributed by atoms with Gasteiger partial charge in [-0.15, -0.1) is 0 Å². The molecule has 14 nitrogen and oxygen atoms in total. The summed E-state index contributed by atoms with van der Waals surface area (Å²) < 4.78 is 20.4. The van der Waals surface area contributed by atoms with Gasteiger partial charge < -0.3 is 44.9 Å². The molecule has 1 saturated heterocycles. The molecule has 4 N–H and O–H groups in total. The van der Waals surface area contributed by atoms with Crippen molar-refractivity contribution >= 4 is 37.2 Å². The maximum absolute atomic E-state index is 13.9. The third-order valence-electron chi connectivity index (χ3n) is 8.26. The number of hydrogen-bond donors (Lipinski definition) is 4. The molecule has 17 heteroatoms. The summed E-state index contributed by atoms with van der Waals surface area (Å²) in [5, 5.41) is 10.7. The molecule has 280 valence electrons. The van der Waals surface area contributed by atoms with Crippen LogP contribution in [0.5, 0.6) is 0 Å². The Morgan fingerprint density at radius 3 is 1.70 bits per heavy atom. The fourth-order valence-electron chi connectivity index (χ4n) is 5.50. The predicted molar refractivity (Wildman–Crippen MR) is 184 cm³/mol. The first-order chi connectivity index (χ1) is 24.0. The fourth-order valence-corrected chi connectivity index (χ4v) is 5.77. The number of phosphoric ester groups is 1. The average molecular weight is 775 g/mol. The number of phosphoric acid groups is 1. The van der Waals surface area contributed by atoms with E-state index in [0.29, 0.717) is 12.8 Å². The van der Waals surface area contributed by atoms with Crippen molar-refractivity contribution in [3.8, 4) is 0 Å². The van der Waals surface area contributed by atoms with E-state index in [1.807, 2.05) is 64.1 Å². The number of epoxide rings is 1. The minimum absolute atomic E-state index is 0. The number of Topliss-reactive ketones (excluding diaryl/α,β-unsaturated/α-hetero) is 1. The zero-order chi connectivity index (χ0) is 37.8. The number of ether oxygens (including phenoxy) is 1. The summed E-state index contributed by atoms with van der Waals surface area (Å²) >= 11 is 0. The van der Waals surface area contributed by atoms with Crippen LogP contribution >= 0.6 is 7.82 Å². The third-order valence-corrected chi connectivity index (χ3v) is 8.71. The number of carbonyl (C=O) groups excluding carboxylic acids is 5. The molecule has 1 fully saturated rings. The molecule has 0 bridgehead atoms. The predicted octanol–water partition coefficient (Wildman–Crippen LogP) is -4.90.